The normalized spacial score (nSPS) is 15.9. The van der Waals surface area contributed by atoms with Crippen LogP contribution < -0.4 is 5.32 Å². The minimum absolute atomic E-state index is 0.235. The van der Waals surface area contributed by atoms with E-state index >= 15 is 0 Å². The highest BCUT2D eigenvalue weighted by molar-refractivity contribution is 7.89. The SMILES string of the molecule is O=C(NCc1ccc(Cl)cc1)c1ccc(S(=O)(=O)N2CCCCCC2)cc1. The third-order valence-corrected chi connectivity index (χ3v) is 6.85. The van der Waals surface area contributed by atoms with Gasteiger partial charge in [0.15, 0.2) is 0 Å². The predicted molar refractivity (Wildman–Crippen MR) is 106 cm³/mol. The Bertz CT molecular complexity index is 872. The molecule has 0 bridgehead atoms. The molecule has 1 N–H and O–H groups in total. The van der Waals surface area contributed by atoms with Crippen LogP contribution in [0, 0.1) is 0 Å². The second-order valence-corrected chi connectivity index (χ2v) is 9.03. The maximum absolute atomic E-state index is 12.8. The van der Waals surface area contributed by atoms with Crippen LogP contribution in [0.1, 0.15) is 41.6 Å². The molecule has 0 unspecified atom stereocenters. The molecule has 3 rings (SSSR count). The second-order valence-electron chi connectivity index (χ2n) is 6.65. The van der Waals surface area contributed by atoms with Crippen molar-refractivity contribution in [3.63, 3.8) is 0 Å². The molecule has 1 fully saturated rings. The van der Waals surface area contributed by atoms with Gasteiger partial charge in [-0.3, -0.25) is 4.79 Å². The molecule has 7 heteroatoms. The summed E-state index contributed by atoms with van der Waals surface area (Å²) in [6, 6.07) is 13.4. The maximum Gasteiger partial charge on any atom is 0.251 e. The predicted octanol–water partition coefficient (Wildman–Crippen LogP) is 3.83. The van der Waals surface area contributed by atoms with Crippen molar-refractivity contribution in [1.82, 2.24) is 9.62 Å². The van der Waals surface area contributed by atoms with Gasteiger partial charge >= 0.3 is 0 Å². The quantitative estimate of drug-likeness (QED) is 0.820. The molecule has 0 saturated carbocycles. The zero-order valence-electron chi connectivity index (χ0n) is 15.0. The number of halogens is 1. The molecule has 2 aromatic carbocycles. The Balaban J connectivity index is 1.65. The fourth-order valence-corrected chi connectivity index (χ4v) is 4.74. The van der Waals surface area contributed by atoms with E-state index in [0.717, 1.165) is 31.2 Å². The van der Waals surface area contributed by atoms with Crippen molar-refractivity contribution in [3.8, 4) is 0 Å². The summed E-state index contributed by atoms with van der Waals surface area (Å²) in [6.07, 6.45) is 3.92. The van der Waals surface area contributed by atoms with Gasteiger partial charge in [0, 0.05) is 30.2 Å². The first-order valence-electron chi connectivity index (χ1n) is 9.10. The third kappa shape index (κ3) is 5.09. The number of hydrogen-bond donors (Lipinski definition) is 1. The zero-order chi connectivity index (χ0) is 19.3. The first-order valence-corrected chi connectivity index (χ1v) is 10.9. The fourth-order valence-electron chi connectivity index (χ4n) is 3.10. The Kier molecular flexibility index (Phi) is 6.52. The molecular weight excluding hydrogens is 384 g/mol. The smallest absolute Gasteiger partial charge is 0.251 e. The van der Waals surface area contributed by atoms with Gasteiger partial charge in [0.25, 0.3) is 5.91 Å². The zero-order valence-corrected chi connectivity index (χ0v) is 16.6. The van der Waals surface area contributed by atoms with Crippen LogP contribution in [0.25, 0.3) is 0 Å². The Hall–Kier alpha value is -1.89. The van der Waals surface area contributed by atoms with Crippen molar-refractivity contribution in [3.05, 3.63) is 64.7 Å². The summed E-state index contributed by atoms with van der Waals surface area (Å²) in [5.74, 6) is -0.247. The number of rotatable bonds is 5. The monoisotopic (exact) mass is 406 g/mol. The number of carbonyl (C=O) groups excluding carboxylic acids is 1. The third-order valence-electron chi connectivity index (χ3n) is 4.69. The number of nitrogens with one attached hydrogen (secondary N) is 1. The number of hydrogen-bond acceptors (Lipinski definition) is 3. The van der Waals surface area contributed by atoms with Crippen LogP contribution in [0.5, 0.6) is 0 Å². The molecule has 27 heavy (non-hydrogen) atoms. The van der Waals surface area contributed by atoms with Crippen molar-refractivity contribution in [2.45, 2.75) is 37.1 Å². The summed E-state index contributed by atoms with van der Waals surface area (Å²) in [7, 11) is -3.50. The van der Waals surface area contributed by atoms with Gasteiger partial charge in [-0.15, -0.1) is 0 Å². The number of sulfonamides is 1. The average Bonchev–Trinajstić information content (AvgIpc) is 2.97. The lowest BCUT2D eigenvalue weighted by Gasteiger charge is -2.20. The van der Waals surface area contributed by atoms with E-state index in [-0.39, 0.29) is 10.8 Å². The van der Waals surface area contributed by atoms with Crippen molar-refractivity contribution in [2.24, 2.45) is 0 Å². The molecule has 5 nitrogen and oxygen atoms in total. The van der Waals surface area contributed by atoms with Crippen LogP contribution in [0.2, 0.25) is 5.02 Å². The van der Waals surface area contributed by atoms with Crippen LogP contribution in [0.3, 0.4) is 0 Å². The maximum atomic E-state index is 12.8. The highest BCUT2D eigenvalue weighted by Crippen LogP contribution is 2.20. The van der Waals surface area contributed by atoms with E-state index in [4.69, 9.17) is 11.6 Å². The molecule has 1 aliphatic rings. The average molecular weight is 407 g/mol. The summed E-state index contributed by atoms with van der Waals surface area (Å²) in [5, 5.41) is 3.47. The molecule has 0 spiro atoms. The van der Waals surface area contributed by atoms with Gasteiger partial charge in [-0.05, 0) is 54.8 Å². The van der Waals surface area contributed by atoms with Crippen LogP contribution in [-0.4, -0.2) is 31.7 Å². The second kappa shape index (κ2) is 8.87. The highest BCUT2D eigenvalue weighted by Gasteiger charge is 2.25. The summed E-state index contributed by atoms with van der Waals surface area (Å²) in [4.78, 5) is 12.5. The van der Waals surface area contributed by atoms with Gasteiger partial charge in [0.1, 0.15) is 0 Å². The molecule has 0 aromatic heterocycles. The minimum atomic E-state index is -3.50. The summed E-state index contributed by atoms with van der Waals surface area (Å²) in [5.41, 5.74) is 1.37. The molecule has 0 atom stereocenters. The summed E-state index contributed by atoms with van der Waals surface area (Å²) >= 11 is 5.85. The largest absolute Gasteiger partial charge is 0.348 e. The Morgan fingerprint density at radius 2 is 1.52 bits per heavy atom. The molecule has 144 valence electrons. The van der Waals surface area contributed by atoms with Crippen molar-refractivity contribution >= 4 is 27.5 Å². The Morgan fingerprint density at radius 1 is 0.926 bits per heavy atom. The lowest BCUT2D eigenvalue weighted by atomic mass is 10.2. The van der Waals surface area contributed by atoms with Crippen LogP contribution in [0.4, 0.5) is 0 Å². The van der Waals surface area contributed by atoms with Gasteiger partial charge in [-0.25, -0.2) is 8.42 Å². The lowest BCUT2D eigenvalue weighted by Crippen LogP contribution is -2.32. The standard InChI is InChI=1S/C20H23ClN2O3S/c21-18-9-5-16(6-10-18)15-22-20(24)17-7-11-19(12-8-17)27(25,26)23-13-3-1-2-4-14-23/h5-12H,1-4,13-15H2,(H,22,24). The number of nitrogens with zero attached hydrogens (tertiary/aromatic N) is 1. The molecular formula is C20H23ClN2O3S. The summed E-state index contributed by atoms with van der Waals surface area (Å²) in [6.45, 7) is 1.50. The van der Waals surface area contributed by atoms with Gasteiger partial charge < -0.3 is 5.32 Å². The first-order chi connectivity index (χ1) is 13.0. The van der Waals surface area contributed by atoms with Crippen molar-refractivity contribution in [2.75, 3.05) is 13.1 Å². The van der Waals surface area contributed by atoms with E-state index in [1.165, 1.54) is 12.1 Å². The number of benzene rings is 2. The molecule has 1 heterocycles. The summed E-state index contributed by atoms with van der Waals surface area (Å²) < 4.78 is 27.1. The van der Waals surface area contributed by atoms with E-state index in [1.807, 2.05) is 12.1 Å². The fraction of sp³-hybridized carbons (Fsp3) is 0.350. The molecule has 0 aliphatic carbocycles. The van der Waals surface area contributed by atoms with E-state index in [9.17, 15) is 13.2 Å². The van der Waals surface area contributed by atoms with E-state index in [2.05, 4.69) is 5.32 Å². The molecule has 1 aliphatic heterocycles. The van der Waals surface area contributed by atoms with Gasteiger partial charge in [0.2, 0.25) is 10.0 Å². The molecule has 0 radical (unpaired) electrons. The minimum Gasteiger partial charge on any atom is -0.348 e. The van der Waals surface area contributed by atoms with Crippen molar-refractivity contribution < 1.29 is 13.2 Å². The molecule has 2 aromatic rings. The molecule has 1 saturated heterocycles. The van der Waals surface area contributed by atoms with Crippen LogP contribution in [-0.2, 0) is 16.6 Å². The highest BCUT2D eigenvalue weighted by atomic mass is 35.5. The van der Waals surface area contributed by atoms with E-state index < -0.39 is 10.0 Å². The Morgan fingerprint density at radius 3 is 2.11 bits per heavy atom. The van der Waals surface area contributed by atoms with E-state index in [1.54, 1.807) is 28.6 Å². The lowest BCUT2D eigenvalue weighted by molar-refractivity contribution is 0.0951. The number of carbonyl (C=O) groups is 1. The first kappa shape index (κ1) is 19.9. The molecule has 1 amide bonds. The topological polar surface area (TPSA) is 66.5 Å². The van der Waals surface area contributed by atoms with Gasteiger partial charge in [-0.1, -0.05) is 36.6 Å². The van der Waals surface area contributed by atoms with Crippen molar-refractivity contribution in [1.29, 1.82) is 0 Å². The number of amides is 1. The Labute approximate surface area is 165 Å². The van der Waals surface area contributed by atoms with E-state index in [0.29, 0.717) is 30.2 Å². The van der Waals surface area contributed by atoms with Gasteiger partial charge in [0.05, 0.1) is 4.90 Å². The van der Waals surface area contributed by atoms with Crippen LogP contribution in [0.15, 0.2) is 53.4 Å². The van der Waals surface area contributed by atoms with Gasteiger partial charge in [-0.2, -0.15) is 4.31 Å². The van der Waals surface area contributed by atoms with Crippen LogP contribution >= 0.6 is 11.6 Å².